The Hall–Kier alpha value is -2.86. The van der Waals surface area contributed by atoms with E-state index < -0.39 is 12.1 Å². The van der Waals surface area contributed by atoms with Crippen LogP contribution in [0.2, 0.25) is 0 Å². The number of esters is 1. The number of carbonyl (C=O) groups excluding carboxylic acids is 2. The molecule has 0 bridgehead atoms. The Balaban J connectivity index is 1.53. The Morgan fingerprint density at radius 3 is 2.60 bits per heavy atom. The smallest absolute Gasteiger partial charge is 0.323 e. The van der Waals surface area contributed by atoms with Gasteiger partial charge in [0.25, 0.3) is 0 Å². The summed E-state index contributed by atoms with van der Waals surface area (Å²) in [4.78, 5) is 28.5. The third kappa shape index (κ3) is 6.63. The maximum absolute atomic E-state index is 13.8. The van der Waals surface area contributed by atoms with Crippen molar-refractivity contribution < 1.29 is 19.1 Å². The van der Waals surface area contributed by atoms with Gasteiger partial charge in [0.15, 0.2) is 0 Å². The van der Waals surface area contributed by atoms with Crippen molar-refractivity contribution in [1.29, 1.82) is 0 Å². The highest BCUT2D eigenvalue weighted by Gasteiger charge is 2.35. The molecule has 1 fully saturated rings. The Morgan fingerprint density at radius 2 is 1.86 bits per heavy atom. The number of nitrogens with zero attached hydrogens (tertiary/aromatic N) is 1. The number of carbonyl (C=O) groups is 2. The lowest BCUT2D eigenvalue weighted by Crippen LogP contribution is -2.54. The predicted octanol–water partition coefficient (Wildman–Crippen LogP) is 5.17. The molecule has 0 aromatic heterocycles. The normalized spacial score (nSPS) is 19.4. The first-order chi connectivity index (χ1) is 17.0. The molecule has 2 aliphatic rings. The Kier molecular flexibility index (Phi) is 8.80. The number of anilines is 1. The zero-order chi connectivity index (χ0) is 24.6. The van der Waals surface area contributed by atoms with Gasteiger partial charge in [0.05, 0.1) is 18.8 Å². The van der Waals surface area contributed by atoms with Crippen LogP contribution in [0, 0.1) is 12.8 Å². The fourth-order valence-corrected chi connectivity index (χ4v) is 5.15. The molecule has 1 aliphatic carbocycles. The fraction of sp³-hybridized carbons (Fsp3) is 0.517. The van der Waals surface area contributed by atoms with Crippen LogP contribution < -0.4 is 15.0 Å². The average molecular weight is 479 g/mol. The van der Waals surface area contributed by atoms with Crippen molar-refractivity contribution in [2.45, 2.75) is 77.4 Å². The average Bonchev–Trinajstić information content (AvgIpc) is 3.00. The lowest BCUT2D eigenvalue weighted by Gasteiger charge is -2.28. The van der Waals surface area contributed by atoms with Crippen molar-refractivity contribution in [2.24, 2.45) is 5.92 Å². The van der Waals surface area contributed by atoms with E-state index in [0.717, 1.165) is 17.7 Å². The molecule has 1 N–H and O–H groups in total. The Bertz CT molecular complexity index is 984. The topological polar surface area (TPSA) is 67.9 Å². The summed E-state index contributed by atoms with van der Waals surface area (Å²) in [5, 5.41) is 3.34. The maximum Gasteiger partial charge on any atom is 0.323 e. The number of para-hydroxylation sites is 2. The molecule has 0 radical (unpaired) electrons. The van der Waals surface area contributed by atoms with Gasteiger partial charge < -0.3 is 14.4 Å². The molecule has 188 valence electrons. The number of hydrogen-bond donors (Lipinski definition) is 1. The van der Waals surface area contributed by atoms with Crippen molar-refractivity contribution in [1.82, 2.24) is 5.32 Å². The van der Waals surface area contributed by atoms with Crippen molar-refractivity contribution in [3.05, 3.63) is 59.7 Å². The van der Waals surface area contributed by atoms with Crippen LogP contribution in [0.5, 0.6) is 5.75 Å². The standard InChI is InChI=1S/C29H38N2O4/c1-3-34-29(33)24(18-17-22-9-5-4-6-10-22)30-25-20-35-27-12-8-7-11-26(27)31(28(25)32)19-23-15-13-21(2)14-16-23/h7-8,11-16,22,24-25,30H,3-6,9-10,17-20H2,1-2H3/t24-,25?/m0/s1. The quantitative estimate of drug-likeness (QED) is 0.504. The number of fused-ring (bicyclic) bond motifs is 1. The van der Waals surface area contributed by atoms with Crippen LogP contribution >= 0.6 is 0 Å². The minimum absolute atomic E-state index is 0.0949. The van der Waals surface area contributed by atoms with Gasteiger partial charge >= 0.3 is 5.97 Å². The molecule has 0 spiro atoms. The molecule has 35 heavy (non-hydrogen) atoms. The SMILES string of the molecule is CCOC(=O)[C@H](CCC1CCCCC1)NC1COc2ccccc2N(Cc2ccc(C)cc2)C1=O. The van der Waals surface area contributed by atoms with E-state index in [2.05, 4.69) is 17.4 Å². The number of rotatable bonds is 9. The fourth-order valence-electron chi connectivity index (χ4n) is 5.15. The second kappa shape index (κ2) is 12.2. The molecule has 0 saturated heterocycles. The number of amides is 1. The summed E-state index contributed by atoms with van der Waals surface area (Å²) >= 11 is 0. The number of hydrogen-bond acceptors (Lipinski definition) is 5. The van der Waals surface area contributed by atoms with E-state index in [1.807, 2.05) is 50.2 Å². The molecule has 6 nitrogen and oxygen atoms in total. The number of nitrogens with one attached hydrogen (secondary N) is 1. The van der Waals surface area contributed by atoms with E-state index in [1.54, 1.807) is 4.90 Å². The highest BCUT2D eigenvalue weighted by Crippen LogP contribution is 2.33. The minimum atomic E-state index is -0.645. The van der Waals surface area contributed by atoms with Crippen molar-refractivity contribution in [3.63, 3.8) is 0 Å². The molecule has 2 aromatic rings. The number of aryl methyl sites for hydroxylation is 1. The van der Waals surface area contributed by atoms with Gasteiger partial charge in [-0.25, -0.2) is 0 Å². The third-order valence-corrected chi connectivity index (χ3v) is 7.15. The molecule has 1 heterocycles. The Morgan fingerprint density at radius 1 is 1.11 bits per heavy atom. The molecule has 6 heteroatoms. The van der Waals surface area contributed by atoms with Crippen LogP contribution in [0.25, 0.3) is 0 Å². The maximum atomic E-state index is 13.8. The van der Waals surface area contributed by atoms with Crippen LogP contribution in [0.3, 0.4) is 0 Å². The van der Waals surface area contributed by atoms with Crippen molar-refractivity contribution in [2.75, 3.05) is 18.1 Å². The number of ether oxygens (including phenoxy) is 2. The van der Waals surface area contributed by atoms with Crippen molar-refractivity contribution in [3.8, 4) is 5.75 Å². The van der Waals surface area contributed by atoms with Gasteiger partial charge in [-0.2, -0.15) is 0 Å². The van der Waals surface area contributed by atoms with Gasteiger partial charge in [0.1, 0.15) is 24.4 Å². The van der Waals surface area contributed by atoms with Gasteiger partial charge in [0, 0.05) is 0 Å². The van der Waals surface area contributed by atoms with Crippen LogP contribution in [-0.4, -0.2) is 37.2 Å². The highest BCUT2D eigenvalue weighted by atomic mass is 16.5. The monoisotopic (exact) mass is 478 g/mol. The van der Waals surface area contributed by atoms with Crippen molar-refractivity contribution >= 4 is 17.6 Å². The van der Waals surface area contributed by atoms with E-state index >= 15 is 0 Å². The van der Waals surface area contributed by atoms with Crippen LogP contribution in [-0.2, 0) is 20.9 Å². The summed E-state index contributed by atoms with van der Waals surface area (Å²) in [5.41, 5.74) is 2.96. The lowest BCUT2D eigenvalue weighted by molar-refractivity contribution is -0.146. The summed E-state index contributed by atoms with van der Waals surface area (Å²) in [6.45, 7) is 4.78. The third-order valence-electron chi connectivity index (χ3n) is 7.15. The zero-order valence-corrected chi connectivity index (χ0v) is 21.0. The van der Waals surface area contributed by atoms with Gasteiger partial charge in [0.2, 0.25) is 5.91 Å². The lowest BCUT2D eigenvalue weighted by atomic mass is 9.85. The van der Waals surface area contributed by atoms with Crippen LogP contribution in [0.1, 0.15) is 63.0 Å². The largest absolute Gasteiger partial charge is 0.489 e. The molecule has 1 amide bonds. The van der Waals surface area contributed by atoms with E-state index in [4.69, 9.17) is 9.47 Å². The first-order valence-electron chi connectivity index (χ1n) is 13.1. The van der Waals surface area contributed by atoms with Gasteiger partial charge in [-0.05, 0) is 50.3 Å². The molecule has 2 atom stereocenters. The van der Waals surface area contributed by atoms with Gasteiger partial charge in [-0.3, -0.25) is 14.9 Å². The van der Waals surface area contributed by atoms with Gasteiger partial charge in [-0.1, -0.05) is 74.1 Å². The molecule has 1 aliphatic heterocycles. The molecular formula is C29H38N2O4. The number of benzene rings is 2. The summed E-state index contributed by atoms with van der Waals surface area (Å²) < 4.78 is 11.5. The van der Waals surface area contributed by atoms with Crippen LogP contribution in [0.15, 0.2) is 48.5 Å². The van der Waals surface area contributed by atoms with Gasteiger partial charge in [-0.15, -0.1) is 0 Å². The summed E-state index contributed by atoms with van der Waals surface area (Å²) in [6, 6.07) is 14.6. The summed E-state index contributed by atoms with van der Waals surface area (Å²) in [6.07, 6.45) is 7.92. The first-order valence-corrected chi connectivity index (χ1v) is 13.1. The molecule has 2 aromatic carbocycles. The second-order valence-electron chi connectivity index (χ2n) is 9.79. The Labute approximate surface area is 209 Å². The molecule has 1 saturated carbocycles. The van der Waals surface area contributed by atoms with E-state index in [-0.39, 0.29) is 18.5 Å². The summed E-state index contributed by atoms with van der Waals surface area (Å²) in [5.74, 6) is 0.934. The summed E-state index contributed by atoms with van der Waals surface area (Å²) in [7, 11) is 0. The minimum Gasteiger partial charge on any atom is -0.489 e. The van der Waals surface area contributed by atoms with E-state index in [9.17, 15) is 9.59 Å². The van der Waals surface area contributed by atoms with E-state index in [0.29, 0.717) is 31.2 Å². The predicted molar refractivity (Wildman–Crippen MR) is 137 cm³/mol. The second-order valence-corrected chi connectivity index (χ2v) is 9.79. The molecular weight excluding hydrogens is 440 g/mol. The highest BCUT2D eigenvalue weighted by molar-refractivity contribution is 5.99. The van der Waals surface area contributed by atoms with E-state index in [1.165, 1.54) is 37.7 Å². The first kappa shape index (κ1) is 25.2. The molecule has 4 rings (SSSR count). The van der Waals surface area contributed by atoms with Crippen LogP contribution in [0.4, 0.5) is 5.69 Å². The molecule has 1 unspecified atom stereocenters. The zero-order valence-electron chi connectivity index (χ0n) is 21.0.